The molecule has 0 spiro atoms. The zero-order valence-corrected chi connectivity index (χ0v) is 16.2. The Bertz CT molecular complexity index is 593. The minimum absolute atomic E-state index is 0.0314. The fourth-order valence-corrected chi connectivity index (χ4v) is 3.30. The largest absolute Gasteiger partial charge is 0.453 e. The van der Waals surface area contributed by atoms with E-state index in [-0.39, 0.29) is 30.1 Å². The molecule has 0 bridgehead atoms. The van der Waals surface area contributed by atoms with Gasteiger partial charge in [-0.05, 0) is 36.3 Å². The fourth-order valence-electron chi connectivity index (χ4n) is 3.30. The van der Waals surface area contributed by atoms with E-state index >= 15 is 0 Å². The third-order valence-corrected chi connectivity index (χ3v) is 4.96. The van der Waals surface area contributed by atoms with Gasteiger partial charge in [-0.25, -0.2) is 9.59 Å². The molecular weight excluding hydrogens is 330 g/mol. The number of nitrogens with zero attached hydrogens (tertiary/aromatic N) is 1. The third-order valence-electron chi connectivity index (χ3n) is 4.96. The molecule has 1 atom stereocenters. The molecule has 144 valence electrons. The van der Waals surface area contributed by atoms with Crippen LogP contribution in [0.2, 0.25) is 0 Å². The molecule has 2 N–H and O–H groups in total. The Labute approximate surface area is 156 Å². The maximum Gasteiger partial charge on any atom is 0.409 e. The molecule has 1 heterocycles. The number of piperidine rings is 1. The van der Waals surface area contributed by atoms with Crippen LogP contribution in [0.5, 0.6) is 0 Å². The topological polar surface area (TPSA) is 70.7 Å². The molecule has 1 aromatic rings. The zero-order chi connectivity index (χ0) is 19.1. The Balaban J connectivity index is 1.89. The van der Waals surface area contributed by atoms with Crippen molar-refractivity contribution < 1.29 is 14.3 Å². The van der Waals surface area contributed by atoms with Crippen LogP contribution < -0.4 is 10.6 Å². The van der Waals surface area contributed by atoms with Gasteiger partial charge < -0.3 is 20.3 Å². The van der Waals surface area contributed by atoms with Crippen LogP contribution in [0.1, 0.15) is 50.8 Å². The lowest BCUT2D eigenvalue weighted by Crippen LogP contribution is -2.50. The molecule has 2 rings (SSSR count). The highest BCUT2D eigenvalue weighted by atomic mass is 16.5. The number of rotatable bonds is 5. The van der Waals surface area contributed by atoms with E-state index in [1.165, 1.54) is 12.7 Å². The van der Waals surface area contributed by atoms with Crippen LogP contribution in [0, 0.1) is 5.92 Å². The van der Waals surface area contributed by atoms with E-state index in [1.54, 1.807) is 4.90 Å². The number of nitrogens with one attached hydrogen (secondary N) is 2. The predicted molar refractivity (Wildman–Crippen MR) is 102 cm³/mol. The van der Waals surface area contributed by atoms with Gasteiger partial charge in [-0.3, -0.25) is 0 Å². The summed E-state index contributed by atoms with van der Waals surface area (Å²) in [6.45, 7) is 7.54. The second-order valence-corrected chi connectivity index (χ2v) is 7.17. The highest BCUT2D eigenvalue weighted by Crippen LogP contribution is 2.22. The summed E-state index contributed by atoms with van der Waals surface area (Å²) in [4.78, 5) is 25.7. The number of urea groups is 1. The van der Waals surface area contributed by atoms with Gasteiger partial charge in [0.1, 0.15) is 0 Å². The molecule has 1 aromatic carbocycles. The van der Waals surface area contributed by atoms with Crippen molar-refractivity contribution in [2.24, 2.45) is 5.92 Å². The standard InChI is InChI=1S/C20H31N3O3/c1-5-15-6-8-16(9-7-15)18(14(2)3)22-19(24)21-17-10-12-23(13-11-17)20(25)26-4/h6-9,14,17-18H,5,10-13H2,1-4H3,(H2,21,22,24). The van der Waals surface area contributed by atoms with E-state index in [0.717, 1.165) is 24.8 Å². The van der Waals surface area contributed by atoms with Crippen molar-refractivity contribution in [3.63, 3.8) is 0 Å². The number of likely N-dealkylation sites (tertiary alicyclic amines) is 1. The van der Waals surface area contributed by atoms with Gasteiger partial charge in [0.15, 0.2) is 0 Å². The first-order valence-corrected chi connectivity index (χ1v) is 9.43. The number of carbonyl (C=O) groups excluding carboxylic acids is 2. The minimum Gasteiger partial charge on any atom is -0.453 e. The highest BCUT2D eigenvalue weighted by molar-refractivity contribution is 5.75. The quantitative estimate of drug-likeness (QED) is 0.843. The summed E-state index contributed by atoms with van der Waals surface area (Å²) in [6.07, 6.45) is 2.17. The summed E-state index contributed by atoms with van der Waals surface area (Å²) in [6, 6.07) is 8.32. The summed E-state index contributed by atoms with van der Waals surface area (Å²) < 4.78 is 4.74. The van der Waals surface area contributed by atoms with Crippen molar-refractivity contribution in [2.75, 3.05) is 20.2 Å². The third kappa shape index (κ3) is 5.38. The maximum absolute atomic E-state index is 12.5. The monoisotopic (exact) mass is 361 g/mol. The van der Waals surface area contributed by atoms with Crippen LogP contribution in [0.25, 0.3) is 0 Å². The first kappa shape index (κ1) is 20.1. The van der Waals surface area contributed by atoms with Crippen LogP contribution in [-0.4, -0.2) is 43.3 Å². The van der Waals surface area contributed by atoms with E-state index in [9.17, 15) is 9.59 Å². The zero-order valence-electron chi connectivity index (χ0n) is 16.2. The van der Waals surface area contributed by atoms with Crippen molar-refractivity contribution in [1.82, 2.24) is 15.5 Å². The van der Waals surface area contributed by atoms with E-state index in [2.05, 4.69) is 55.7 Å². The normalized spacial score (nSPS) is 16.3. The van der Waals surface area contributed by atoms with E-state index in [0.29, 0.717) is 13.1 Å². The molecule has 0 saturated carbocycles. The first-order valence-electron chi connectivity index (χ1n) is 9.43. The molecule has 1 aliphatic heterocycles. The molecule has 3 amide bonds. The Hall–Kier alpha value is -2.24. The molecule has 0 radical (unpaired) electrons. The Morgan fingerprint density at radius 3 is 2.31 bits per heavy atom. The number of aryl methyl sites for hydroxylation is 1. The second-order valence-electron chi connectivity index (χ2n) is 7.17. The lowest BCUT2D eigenvalue weighted by molar-refractivity contribution is 0.110. The molecule has 26 heavy (non-hydrogen) atoms. The first-order chi connectivity index (χ1) is 12.4. The van der Waals surface area contributed by atoms with Crippen molar-refractivity contribution in [3.8, 4) is 0 Å². The van der Waals surface area contributed by atoms with Crippen molar-refractivity contribution in [1.29, 1.82) is 0 Å². The maximum atomic E-state index is 12.5. The molecule has 1 aliphatic rings. The molecule has 0 aliphatic carbocycles. The minimum atomic E-state index is -0.303. The number of hydrogen-bond acceptors (Lipinski definition) is 3. The van der Waals surface area contributed by atoms with Crippen LogP contribution in [-0.2, 0) is 11.2 Å². The molecule has 0 aromatic heterocycles. The number of benzene rings is 1. The SMILES string of the molecule is CCc1ccc(C(NC(=O)NC2CCN(C(=O)OC)CC2)C(C)C)cc1. The van der Waals surface area contributed by atoms with Gasteiger partial charge >= 0.3 is 12.1 Å². The van der Waals surface area contributed by atoms with Gasteiger partial charge in [0.05, 0.1) is 13.2 Å². The van der Waals surface area contributed by atoms with E-state index in [4.69, 9.17) is 4.74 Å². The van der Waals surface area contributed by atoms with Crippen LogP contribution >= 0.6 is 0 Å². The average Bonchev–Trinajstić information content (AvgIpc) is 2.66. The fraction of sp³-hybridized carbons (Fsp3) is 0.600. The van der Waals surface area contributed by atoms with Gasteiger partial charge in [0.2, 0.25) is 0 Å². The second kappa shape index (κ2) is 9.46. The Kier molecular flexibility index (Phi) is 7.30. The van der Waals surface area contributed by atoms with Crippen LogP contribution in [0.4, 0.5) is 9.59 Å². The van der Waals surface area contributed by atoms with Crippen LogP contribution in [0.3, 0.4) is 0 Å². The molecular formula is C20H31N3O3. The van der Waals surface area contributed by atoms with Crippen molar-refractivity contribution in [3.05, 3.63) is 35.4 Å². The van der Waals surface area contributed by atoms with E-state index in [1.807, 2.05) is 0 Å². The lowest BCUT2D eigenvalue weighted by Gasteiger charge is -2.32. The van der Waals surface area contributed by atoms with Gasteiger partial charge in [0.25, 0.3) is 0 Å². The summed E-state index contributed by atoms with van der Waals surface area (Å²) in [5.41, 5.74) is 2.41. The van der Waals surface area contributed by atoms with Gasteiger partial charge in [-0.2, -0.15) is 0 Å². The highest BCUT2D eigenvalue weighted by Gasteiger charge is 2.25. The van der Waals surface area contributed by atoms with Gasteiger partial charge in [-0.1, -0.05) is 45.0 Å². The molecule has 6 heteroatoms. The number of hydrogen-bond donors (Lipinski definition) is 2. The number of methoxy groups -OCH3 is 1. The summed E-state index contributed by atoms with van der Waals surface area (Å²) in [5, 5.41) is 6.15. The van der Waals surface area contributed by atoms with E-state index < -0.39 is 0 Å². The summed E-state index contributed by atoms with van der Waals surface area (Å²) >= 11 is 0. The predicted octanol–water partition coefficient (Wildman–Crippen LogP) is 3.48. The van der Waals surface area contributed by atoms with Crippen molar-refractivity contribution in [2.45, 2.75) is 52.1 Å². The molecule has 1 unspecified atom stereocenters. The van der Waals surface area contributed by atoms with Crippen LogP contribution in [0.15, 0.2) is 24.3 Å². The number of carbonyl (C=O) groups is 2. The van der Waals surface area contributed by atoms with Crippen molar-refractivity contribution >= 4 is 12.1 Å². The number of ether oxygens (including phenoxy) is 1. The molecule has 6 nitrogen and oxygen atoms in total. The summed E-state index contributed by atoms with van der Waals surface area (Å²) in [5.74, 6) is 0.286. The molecule has 1 saturated heterocycles. The smallest absolute Gasteiger partial charge is 0.409 e. The lowest BCUT2D eigenvalue weighted by atomic mass is 9.95. The Morgan fingerprint density at radius 2 is 1.81 bits per heavy atom. The van der Waals surface area contributed by atoms with Gasteiger partial charge in [-0.15, -0.1) is 0 Å². The molecule has 1 fully saturated rings. The Morgan fingerprint density at radius 1 is 1.19 bits per heavy atom. The van der Waals surface area contributed by atoms with Gasteiger partial charge in [0, 0.05) is 19.1 Å². The number of amides is 3. The average molecular weight is 361 g/mol. The summed E-state index contributed by atoms with van der Waals surface area (Å²) in [7, 11) is 1.39.